The summed E-state index contributed by atoms with van der Waals surface area (Å²) in [5.41, 5.74) is 1.14. The smallest absolute Gasteiger partial charge is 0.333 e. The van der Waals surface area contributed by atoms with Crippen LogP contribution in [0.3, 0.4) is 0 Å². The number of fused-ring (bicyclic) bond motifs is 4. The lowest BCUT2D eigenvalue weighted by Gasteiger charge is -2.45. The van der Waals surface area contributed by atoms with E-state index in [0.717, 1.165) is 23.1 Å². The normalized spacial score (nSPS) is 42.4. The minimum Gasteiger partial charge on any atom is -0.458 e. The first-order chi connectivity index (χ1) is 16.8. The van der Waals surface area contributed by atoms with Crippen molar-refractivity contribution in [3.8, 4) is 0 Å². The quantitative estimate of drug-likeness (QED) is 0.555. The van der Waals surface area contributed by atoms with E-state index in [-0.39, 0.29) is 35.2 Å². The number of cyclic esters (lactones) is 2. The van der Waals surface area contributed by atoms with Crippen molar-refractivity contribution in [1.29, 1.82) is 0 Å². The van der Waals surface area contributed by atoms with Crippen LogP contribution in [-0.4, -0.2) is 45.6 Å². The van der Waals surface area contributed by atoms with Crippen molar-refractivity contribution in [2.45, 2.75) is 83.7 Å². The first-order valence-electron chi connectivity index (χ1n) is 13.1. The molecule has 5 aliphatic rings. The van der Waals surface area contributed by atoms with Crippen LogP contribution in [0.4, 0.5) is 0 Å². The maximum absolute atomic E-state index is 12.2. The van der Waals surface area contributed by atoms with Gasteiger partial charge in [-0.25, -0.2) is 9.59 Å². The van der Waals surface area contributed by atoms with E-state index < -0.39 is 29.2 Å². The largest absolute Gasteiger partial charge is 0.458 e. The molecule has 0 aromatic carbocycles. The molecule has 36 heavy (non-hydrogen) atoms. The van der Waals surface area contributed by atoms with Crippen LogP contribution in [0, 0.1) is 29.1 Å². The zero-order chi connectivity index (χ0) is 26.2. The summed E-state index contributed by atoms with van der Waals surface area (Å²) in [6.45, 7) is 14.2. The minimum atomic E-state index is -1.15. The van der Waals surface area contributed by atoms with Crippen LogP contribution in [0.15, 0.2) is 59.3 Å². The van der Waals surface area contributed by atoms with E-state index in [1.54, 1.807) is 13.0 Å². The first-order valence-corrected chi connectivity index (χ1v) is 13.1. The maximum atomic E-state index is 12.2. The average molecular weight is 495 g/mol. The molecule has 2 N–H and O–H groups in total. The van der Waals surface area contributed by atoms with E-state index in [1.807, 2.05) is 26.0 Å². The number of allylic oxidation sites excluding steroid dienone is 3. The zero-order valence-electron chi connectivity index (χ0n) is 21.9. The Bertz CT molecular complexity index is 1140. The summed E-state index contributed by atoms with van der Waals surface area (Å²) in [4.78, 5) is 24.3. The number of rotatable bonds is 2. The van der Waals surface area contributed by atoms with Crippen molar-refractivity contribution in [1.82, 2.24) is 0 Å². The highest BCUT2D eigenvalue weighted by Gasteiger charge is 2.62. The lowest BCUT2D eigenvalue weighted by atomic mass is 9.61. The predicted molar refractivity (Wildman–Crippen MR) is 135 cm³/mol. The summed E-state index contributed by atoms with van der Waals surface area (Å²) >= 11 is 0. The Morgan fingerprint density at radius 3 is 2.58 bits per heavy atom. The van der Waals surface area contributed by atoms with Crippen LogP contribution in [0.25, 0.3) is 0 Å². The topological polar surface area (TPSA) is 93.1 Å². The first kappa shape index (κ1) is 25.2. The Labute approximate surface area is 213 Å². The molecule has 2 heterocycles. The van der Waals surface area contributed by atoms with Gasteiger partial charge >= 0.3 is 11.9 Å². The Morgan fingerprint density at radius 1 is 1.17 bits per heavy atom. The van der Waals surface area contributed by atoms with Crippen molar-refractivity contribution in [3.05, 3.63) is 59.3 Å². The molecule has 0 amide bonds. The predicted octanol–water partition coefficient (Wildman–Crippen LogP) is 4.34. The number of hydrogen-bond donors (Lipinski definition) is 2. The van der Waals surface area contributed by atoms with Gasteiger partial charge in [0.15, 0.2) is 0 Å². The van der Waals surface area contributed by atoms with Gasteiger partial charge in [-0.2, -0.15) is 0 Å². The molecular formula is C30H38O6. The molecule has 0 spiro atoms. The van der Waals surface area contributed by atoms with Gasteiger partial charge in [-0.1, -0.05) is 38.7 Å². The molecule has 0 saturated heterocycles. The Hall–Kier alpha value is -2.44. The zero-order valence-corrected chi connectivity index (χ0v) is 21.9. The van der Waals surface area contributed by atoms with E-state index in [1.165, 1.54) is 6.08 Å². The van der Waals surface area contributed by atoms with E-state index in [4.69, 9.17) is 9.47 Å². The molecule has 2 aliphatic heterocycles. The van der Waals surface area contributed by atoms with Crippen molar-refractivity contribution in [3.63, 3.8) is 0 Å². The molecule has 6 nitrogen and oxygen atoms in total. The van der Waals surface area contributed by atoms with Gasteiger partial charge in [-0.15, -0.1) is 0 Å². The van der Waals surface area contributed by atoms with E-state index in [0.29, 0.717) is 24.8 Å². The molecule has 6 heteroatoms. The minimum absolute atomic E-state index is 0.00234. The van der Waals surface area contributed by atoms with Gasteiger partial charge < -0.3 is 19.7 Å². The van der Waals surface area contributed by atoms with Crippen molar-refractivity contribution >= 4 is 11.9 Å². The van der Waals surface area contributed by atoms with E-state index >= 15 is 0 Å². The number of carbonyl (C=O) groups is 2. The van der Waals surface area contributed by atoms with Crippen LogP contribution < -0.4 is 0 Å². The fourth-order valence-corrected chi connectivity index (χ4v) is 7.77. The fourth-order valence-electron chi connectivity index (χ4n) is 7.77. The average Bonchev–Trinajstić information content (AvgIpc) is 2.86. The monoisotopic (exact) mass is 494 g/mol. The summed E-state index contributed by atoms with van der Waals surface area (Å²) < 4.78 is 11.4. The SMILES string of the molecule is C=C1C(C(C)C2CC=C(C)C(=O)O2)=CC[C@]2(C)C1C[C@]1(O)C=C3C=CC(=O)OC(C)(C)C3[C@H](O)CC21. The van der Waals surface area contributed by atoms with Gasteiger partial charge in [0, 0.05) is 35.8 Å². The van der Waals surface area contributed by atoms with Gasteiger partial charge in [0.25, 0.3) is 0 Å². The third kappa shape index (κ3) is 3.76. The van der Waals surface area contributed by atoms with Gasteiger partial charge in [-0.05, 0) is 74.2 Å². The van der Waals surface area contributed by atoms with Crippen molar-refractivity contribution in [2.24, 2.45) is 29.1 Å². The van der Waals surface area contributed by atoms with Gasteiger partial charge in [0.2, 0.25) is 0 Å². The summed E-state index contributed by atoms with van der Waals surface area (Å²) in [6.07, 6.45) is 10.4. The van der Waals surface area contributed by atoms with Crippen LogP contribution in [0.1, 0.15) is 60.3 Å². The molecule has 0 bridgehead atoms. The summed E-state index contributed by atoms with van der Waals surface area (Å²) in [6, 6.07) is 0. The van der Waals surface area contributed by atoms with E-state index in [9.17, 15) is 19.8 Å². The molecule has 0 aromatic heterocycles. The molecule has 1 fully saturated rings. The Morgan fingerprint density at radius 2 is 1.89 bits per heavy atom. The lowest BCUT2D eigenvalue weighted by molar-refractivity contribution is -0.157. The summed E-state index contributed by atoms with van der Waals surface area (Å²) in [5.74, 6) is -1.30. The highest BCUT2D eigenvalue weighted by molar-refractivity contribution is 5.88. The second-order valence-electron chi connectivity index (χ2n) is 12.3. The number of carbonyl (C=O) groups excluding carboxylic acids is 2. The molecular weight excluding hydrogens is 456 g/mol. The molecule has 3 aliphatic carbocycles. The molecule has 1 saturated carbocycles. The number of hydrogen-bond acceptors (Lipinski definition) is 6. The molecule has 0 radical (unpaired) electrons. The second kappa shape index (κ2) is 8.29. The molecule has 0 aromatic rings. The van der Waals surface area contributed by atoms with Gasteiger partial charge in [-0.3, -0.25) is 0 Å². The van der Waals surface area contributed by atoms with Crippen LogP contribution in [-0.2, 0) is 19.1 Å². The third-order valence-corrected chi connectivity index (χ3v) is 9.73. The second-order valence-corrected chi connectivity index (χ2v) is 12.3. The molecule has 194 valence electrons. The highest BCUT2D eigenvalue weighted by Crippen LogP contribution is 2.64. The summed E-state index contributed by atoms with van der Waals surface area (Å²) in [5, 5.41) is 23.6. The van der Waals surface area contributed by atoms with Crippen LogP contribution >= 0.6 is 0 Å². The number of aliphatic hydroxyl groups is 2. The maximum Gasteiger partial charge on any atom is 0.333 e. The molecule has 8 atom stereocenters. The number of ether oxygens (including phenoxy) is 2. The Kier molecular flexibility index (Phi) is 5.80. The van der Waals surface area contributed by atoms with Crippen molar-refractivity contribution < 1.29 is 29.3 Å². The third-order valence-electron chi connectivity index (χ3n) is 9.73. The number of aliphatic hydroxyl groups excluding tert-OH is 1. The van der Waals surface area contributed by atoms with Crippen molar-refractivity contribution in [2.75, 3.05) is 0 Å². The lowest BCUT2D eigenvalue weighted by Crippen LogP contribution is -2.45. The summed E-state index contributed by atoms with van der Waals surface area (Å²) in [7, 11) is 0. The number of esters is 2. The van der Waals surface area contributed by atoms with Gasteiger partial charge in [0.05, 0.1) is 11.7 Å². The standard InChI is InChI=1S/C30H38O6/c1-16-7-9-23(35-27(16)33)18(3)20-11-12-29(6)21(17(20)2)15-30(34)14-19-8-10-25(32)36-28(4,5)26(19)22(31)13-24(29)30/h7-8,10-11,14,18,21-24,26,31,34H,2,9,12-13,15H2,1,3-6H3/t18?,21?,22-,23?,24?,26?,29-,30-/m1/s1. The molecule has 5 unspecified atom stereocenters. The Balaban J connectivity index is 1.48. The van der Waals surface area contributed by atoms with Gasteiger partial charge in [0.1, 0.15) is 11.7 Å². The highest BCUT2D eigenvalue weighted by atomic mass is 16.6. The molecule has 5 rings (SSSR count). The fraction of sp³-hybridized carbons (Fsp3) is 0.600. The van der Waals surface area contributed by atoms with E-state index in [2.05, 4.69) is 26.5 Å². The van der Waals surface area contributed by atoms with Crippen LogP contribution in [0.2, 0.25) is 0 Å². The van der Waals surface area contributed by atoms with Crippen LogP contribution in [0.5, 0.6) is 0 Å².